The predicted molar refractivity (Wildman–Crippen MR) is 95.6 cm³/mol. The van der Waals surface area contributed by atoms with Crippen LogP contribution >= 0.6 is 11.3 Å². The number of nitrogens with one attached hydrogen (secondary N) is 1. The maximum atomic E-state index is 12.2. The van der Waals surface area contributed by atoms with Gasteiger partial charge in [0.1, 0.15) is 5.60 Å². The second-order valence-electron chi connectivity index (χ2n) is 7.30. The molecule has 1 aromatic heterocycles. The standard InChI is InChI=1S/C17H29N3O2S/c1-12(19-10-15-14(18)7-9-23-15)13-6-5-8-20(11-13)16(21)22-17(2,3)4/h7,9,12-13,19H,5-6,8,10-11,18H2,1-4H3. The summed E-state index contributed by atoms with van der Waals surface area (Å²) in [4.78, 5) is 15.3. The number of carbonyl (C=O) groups is 1. The number of hydrogen-bond donors (Lipinski definition) is 2. The van der Waals surface area contributed by atoms with E-state index >= 15 is 0 Å². The van der Waals surface area contributed by atoms with Crippen LogP contribution in [-0.4, -0.2) is 35.7 Å². The van der Waals surface area contributed by atoms with Crippen LogP contribution in [0.25, 0.3) is 0 Å². The van der Waals surface area contributed by atoms with Crippen molar-refractivity contribution in [2.24, 2.45) is 5.92 Å². The molecule has 0 radical (unpaired) electrons. The van der Waals surface area contributed by atoms with Crippen LogP contribution in [0.15, 0.2) is 11.4 Å². The van der Waals surface area contributed by atoms with Gasteiger partial charge >= 0.3 is 6.09 Å². The molecule has 0 bridgehead atoms. The lowest BCUT2D eigenvalue weighted by Crippen LogP contribution is -2.47. The molecule has 130 valence electrons. The van der Waals surface area contributed by atoms with Gasteiger partial charge < -0.3 is 20.7 Å². The van der Waals surface area contributed by atoms with Crippen LogP contribution in [0.3, 0.4) is 0 Å². The van der Waals surface area contributed by atoms with Crippen molar-refractivity contribution in [2.75, 3.05) is 18.8 Å². The third kappa shape index (κ3) is 5.39. The van der Waals surface area contributed by atoms with E-state index in [9.17, 15) is 4.79 Å². The maximum Gasteiger partial charge on any atom is 0.410 e. The van der Waals surface area contributed by atoms with Gasteiger partial charge in [0, 0.05) is 36.2 Å². The van der Waals surface area contributed by atoms with Gasteiger partial charge in [-0.15, -0.1) is 11.3 Å². The molecule has 1 fully saturated rings. The largest absolute Gasteiger partial charge is 0.444 e. The Balaban J connectivity index is 1.85. The maximum absolute atomic E-state index is 12.2. The number of nitrogens with zero attached hydrogens (tertiary/aromatic N) is 1. The Morgan fingerprint density at radius 2 is 2.30 bits per heavy atom. The molecule has 0 aliphatic carbocycles. The van der Waals surface area contributed by atoms with Crippen molar-refractivity contribution in [1.29, 1.82) is 0 Å². The number of likely N-dealkylation sites (tertiary alicyclic amines) is 1. The Labute approximate surface area is 143 Å². The molecule has 1 aromatic rings. The highest BCUT2D eigenvalue weighted by molar-refractivity contribution is 7.10. The van der Waals surface area contributed by atoms with Crippen molar-refractivity contribution in [3.05, 3.63) is 16.3 Å². The monoisotopic (exact) mass is 339 g/mol. The molecule has 1 amide bonds. The fraction of sp³-hybridized carbons (Fsp3) is 0.706. The summed E-state index contributed by atoms with van der Waals surface area (Å²) in [5, 5.41) is 5.57. The molecule has 23 heavy (non-hydrogen) atoms. The van der Waals surface area contributed by atoms with Gasteiger partial charge in [-0.05, 0) is 57.9 Å². The van der Waals surface area contributed by atoms with Crippen molar-refractivity contribution >= 4 is 23.1 Å². The Kier molecular flexibility index (Phi) is 5.92. The highest BCUT2D eigenvalue weighted by Gasteiger charge is 2.30. The van der Waals surface area contributed by atoms with E-state index in [4.69, 9.17) is 10.5 Å². The molecule has 1 aliphatic rings. The lowest BCUT2D eigenvalue weighted by atomic mass is 9.92. The Bertz CT molecular complexity index is 524. The van der Waals surface area contributed by atoms with Gasteiger partial charge in [-0.25, -0.2) is 4.79 Å². The molecule has 3 N–H and O–H groups in total. The first-order chi connectivity index (χ1) is 10.8. The third-order valence-electron chi connectivity index (χ3n) is 4.18. The zero-order valence-electron chi connectivity index (χ0n) is 14.6. The predicted octanol–water partition coefficient (Wildman–Crippen LogP) is 3.46. The average molecular weight is 340 g/mol. The number of ether oxygens (including phenoxy) is 1. The van der Waals surface area contributed by atoms with Crippen LogP contribution in [0, 0.1) is 5.92 Å². The van der Waals surface area contributed by atoms with E-state index in [1.165, 1.54) is 4.88 Å². The van der Waals surface area contributed by atoms with E-state index in [0.717, 1.165) is 38.2 Å². The number of nitrogen functional groups attached to an aromatic ring is 1. The van der Waals surface area contributed by atoms with Crippen molar-refractivity contribution < 1.29 is 9.53 Å². The highest BCUT2D eigenvalue weighted by atomic mass is 32.1. The first-order valence-corrected chi connectivity index (χ1v) is 9.17. The molecule has 1 saturated heterocycles. The third-order valence-corrected chi connectivity index (χ3v) is 5.12. The smallest absolute Gasteiger partial charge is 0.410 e. The van der Waals surface area contributed by atoms with E-state index in [1.807, 2.05) is 37.1 Å². The molecule has 5 nitrogen and oxygen atoms in total. The van der Waals surface area contributed by atoms with Crippen molar-refractivity contribution in [3.63, 3.8) is 0 Å². The van der Waals surface area contributed by atoms with Crippen LogP contribution < -0.4 is 11.1 Å². The van der Waals surface area contributed by atoms with Crippen molar-refractivity contribution in [3.8, 4) is 0 Å². The second kappa shape index (κ2) is 7.53. The van der Waals surface area contributed by atoms with E-state index in [1.54, 1.807) is 11.3 Å². The van der Waals surface area contributed by atoms with Gasteiger partial charge in [-0.2, -0.15) is 0 Å². The summed E-state index contributed by atoms with van der Waals surface area (Å²) >= 11 is 1.68. The van der Waals surface area contributed by atoms with Crippen LogP contribution in [0.2, 0.25) is 0 Å². The molecule has 6 heteroatoms. The summed E-state index contributed by atoms with van der Waals surface area (Å²) < 4.78 is 5.49. The molecule has 2 unspecified atom stereocenters. The van der Waals surface area contributed by atoms with Gasteiger partial charge in [0.25, 0.3) is 0 Å². The lowest BCUT2D eigenvalue weighted by molar-refractivity contribution is 0.0148. The SMILES string of the molecule is CC(NCc1sccc1N)C1CCCN(C(=O)OC(C)(C)C)C1. The van der Waals surface area contributed by atoms with Crippen molar-refractivity contribution in [2.45, 2.75) is 58.7 Å². The number of carbonyl (C=O) groups excluding carboxylic acids is 1. The van der Waals surface area contributed by atoms with Crippen LogP contribution in [0.1, 0.15) is 45.4 Å². The number of piperidine rings is 1. The van der Waals surface area contributed by atoms with Crippen LogP contribution in [-0.2, 0) is 11.3 Å². The van der Waals surface area contributed by atoms with Gasteiger partial charge in [0.15, 0.2) is 0 Å². The van der Waals surface area contributed by atoms with Crippen molar-refractivity contribution in [1.82, 2.24) is 10.2 Å². The normalized spacial score (nSPS) is 20.3. The van der Waals surface area contributed by atoms with Crippen LogP contribution in [0.5, 0.6) is 0 Å². The molecule has 2 heterocycles. The Morgan fingerprint density at radius 3 is 2.91 bits per heavy atom. The molecule has 1 aliphatic heterocycles. The average Bonchev–Trinajstić information content (AvgIpc) is 2.88. The number of rotatable bonds is 4. The Hall–Kier alpha value is -1.27. The minimum absolute atomic E-state index is 0.197. The molecule has 2 atom stereocenters. The molecular formula is C17H29N3O2S. The second-order valence-corrected chi connectivity index (χ2v) is 8.30. The number of anilines is 1. The summed E-state index contributed by atoms with van der Waals surface area (Å²) in [7, 11) is 0. The van der Waals surface area contributed by atoms with Gasteiger partial charge in [0.05, 0.1) is 0 Å². The Morgan fingerprint density at radius 1 is 1.57 bits per heavy atom. The van der Waals surface area contributed by atoms with Gasteiger partial charge in [-0.3, -0.25) is 0 Å². The fourth-order valence-corrected chi connectivity index (χ4v) is 3.57. The number of nitrogens with two attached hydrogens (primary N) is 1. The lowest BCUT2D eigenvalue weighted by Gasteiger charge is -2.36. The zero-order valence-corrected chi connectivity index (χ0v) is 15.4. The summed E-state index contributed by atoms with van der Waals surface area (Å²) in [6.45, 7) is 10.2. The summed E-state index contributed by atoms with van der Waals surface area (Å²) in [6, 6.07) is 2.28. The topological polar surface area (TPSA) is 67.6 Å². The fourth-order valence-electron chi connectivity index (χ4n) is 2.82. The van der Waals surface area contributed by atoms with Crippen LogP contribution in [0.4, 0.5) is 10.5 Å². The van der Waals surface area contributed by atoms with Gasteiger partial charge in [-0.1, -0.05) is 0 Å². The van der Waals surface area contributed by atoms with Gasteiger partial charge in [0.2, 0.25) is 0 Å². The zero-order chi connectivity index (χ0) is 17.0. The van der Waals surface area contributed by atoms with E-state index in [0.29, 0.717) is 12.0 Å². The molecule has 0 spiro atoms. The molecule has 2 rings (SSSR count). The number of amides is 1. The molecule has 0 saturated carbocycles. The summed E-state index contributed by atoms with van der Waals surface area (Å²) in [6.07, 6.45) is 1.96. The van der Waals surface area contributed by atoms with E-state index in [2.05, 4.69) is 12.2 Å². The summed E-state index contributed by atoms with van der Waals surface area (Å²) in [5.74, 6) is 0.442. The first-order valence-electron chi connectivity index (χ1n) is 8.29. The van der Waals surface area contributed by atoms with E-state index in [-0.39, 0.29) is 6.09 Å². The highest BCUT2D eigenvalue weighted by Crippen LogP contribution is 2.23. The first kappa shape index (κ1) is 18.1. The summed E-state index contributed by atoms with van der Waals surface area (Å²) in [5.41, 5.74) is 6.34. The molecular weight excluding hydrogens is 310 g/mol. The molecule has 0 aromatic carbocycles. The quantitative estimate of drug-likeness (QED) is 0.881. The minimum Gasteiger partial charge on any atom is -0.444 e. The minimum atomic E-state index is -0.440. The number of thiophene rings is 1. The van der Waals surface area contributed by atoms with E-state index < -0.39 is 5.60 Å². The number of hydrogen-bond acceptors (Lipinski definition) is 5.